The molecule has 1 amide bonds. The van der Waals surface area contributed by atoms with Crippen molar-refractivity contribution in [3.63, 3.8) is 0 Å². The summed E-state index contributed by atoms with van der Waals surface area (Å²) >= 11 is 13.0. The van der Waals surface area contributed by atoms with Crippen LogP contribution in [0.25, 0.3) is 0 Å². The van der Waals surface area contributed by atoms with E-state index in [4.69, 9.17) is 40.1 Å². The van der Waals surface area contributed by atoms with Crippen LogP contribution in [0.15, 0.2) is 0 Å². The summed E-state index contributed by atoms with van der Waals surface area (Å²) in [4.78, 5) is 15.9. The summed E-state index contributed by atoms with van der Waals surface area (Å²) < 4.78 is 0. The first-order valence-electron chi connectivity index (χ1n) is 12.2. The number of alkyl halides is 2. The van der Waals surface area contributed by atoms with Crippen LogP contribution in [0.2, 0.25) is 0 Å². The van der Waals surface area contributed by atoms with Crippen LogP contribution in [0.1, 0.15) is 70.6 Å². The lowest BCUT2D eigenvalue weighted by molar-refractivity contribution is -0.127. The van der Waals surface area contributed by atoms with Gasteiger partial charge < -0.3 is 16.8 Å². The molecule has 3 saturated carbocycles. The predicted octanol–water partition coefficient (Wildman–Crippen LogP) is 3.18. The van der Waals surface area contributed by atoms with Crippen molar-refractivity contribution in [2.24, 2.45) is 29.2 Å². The van der Waals surface area contributed by atoms with Crippen LogP contribution in [0.4, 0.5) is 0 Å². The smallest absolute Gasteiger partial charge is 0.237 e. The van der Waals surface area contributed by atoms with Crippen molar-refractivity contribution < 1.29 is 4.79 Å². The normalized spacial score (nSPS) is 43.9. The Bertz CT molecular complexity index is 646. The van der Waals surface area contributed by atoms with E-state index in [2.05, 4.69) is 10.2 Å². The molecule has 8 heteroatoms. The maximum Gasteiger partial charge on any atom is 0.237 e. The maximum atomic E-state index is 13.4. The Hall–Kier alpha value is -0.560. The monoisotopic (exact) mass is 471 g/mol. The van der Waals surface area contributed by atoms with Gasteiger partial charge in [-0.2, -0.15) is 0 Å². The third-order valence-corrected chi connectivity index (χ3v) is 9.04. The zero-order chi connectivity index (χ0) is 22.1. The molecule has 0 radical (unpaired) electrons. The number of carbonyl (C=O) groups is 1. The fourth-order valence-corrected chi connectivity index (χ4v) is 7.67. The number of halogens is 2. The number of hydrogen-bond acceptors (Lipinski definition) is 4. The molecule has 6 N–H and O–H groups in total. The zero-order valence-electron chi connectivity index (χ0n) is 18.4. The van der Waals surface area contributed by atoms with E-state index >= 15 is 0 Å². The van der Waals surface area contributed by atoms with E-state index in [9.17, 15) is 4.79 Å². The van der Waals surface area contributed by atoms with Crippen LogP contribution in [0.5, 0.6) is 0 Å². The Morgan fingerprint density at radius 2 is 1.65 bits per heavy atom. The molecule has 0 aromatic rings. The molecular formula is C23H39Cl2N5O. The number of likely N-dealkylation sites (tertiary alicyclic amines) is 1. The van der Waals surface area contributed by atoms with Crippen molar-refractivity contribution in [1.29, 1.82) is 5.41 Å². The lowest BCUT2D eigenvalue weighted by Crippen LogP contribution is -2.52. The molecule has 3 aliphatic carbocycles. The van der Waals surface area contributed by atoms with Gasteiger partial charge in [0.25, 0.3) is 0 Å². The van der Waals surface area contributed by atoms with Crippen molar-refractivity contribution in [2.45, 2.75) is 106 Å². The highest BCUT2D eigenvalue weighted by Crippen LogP contribution is 2.43. The average molecular weight is 473 g/mol. The molecule has 6 atom stereocenters. The molecular weight excluding hydrogens is 433 g/mol. The van der Waals surface area contributed by atoms with E-state index in [0.29, 0.717) is 23.7 Å². The quantitative estimate of drug-likeness (QED) is 0.280. The van der Waals surface area contributed by atoms with Crippen molar-refractivity contribution >= 4 is 34.9 Å². The van der Waals surface area contributed by atoms with Crippen LogP contribution >= 0.6 is 23.2 Å². The van der Waals surface area contributed by atoms with E-state index < -0.39 is 0 Å². The molecule has 6 nitrogen and oxygen atoms in total. The minimum Gasteiger partial charge on any atom is -0.387 e. The Kier molecular flexibility index (Phi) is 7.72. The van der Waals surface area contributed by atoms with Gasteiger partial charge in [0.2, 0.25) is 5.91 Å². The number of amidine groups is 1. The number of carbonyl (C=O) groups excluding carboxylic acids is 1. The second kappa shape index (κ2) is 10.1. The van der Waals surface area contributed by atoms with Crippen LogP contribution in [-0.2, 0) is 4.79 Å². The summed E-state index contributed by atoms with van der Waals surface area (Å²) in [6, 6.07) is 0.750. The topological polar surface area (TPSA) is 108 Å². The molecule has 0 spiro atoms. The first-order valence-corrected chi connectivity index (χ1v) is 13.1. The minimum absolute atomic E-state index is 0.0965. The standard InChI is InChI=1S/C23H39Cl2N5O/c24-16-7-13(8-17(25)11-16)12-30-20-10-15(22(27)28)2-1-14(20)9-21(30)23(31)29-19-5-3-18(26)4-6-19/h13-21H,1-12,26H2,(H3,27,28)(H,29,31). The lowest BCUT2D eigenvalue weighted by atomic mass is 9.77. The molecule has 6 unspecified atom stereocenters. The summed E-state index contributed by atoms with van der Waals surface area (Å²) in [5.41, 5.74) is 11.9. The van der Waals surface area contributed by atoms with E-state index in [-0.39, 0.29) is 40.7 Å². The molecule has 0 aromatic carbocycles. The molecule has 4 rings (SSSR count). The first-order chi connectivity index (χ1) is 14.8. The molecule has 1 heterocycles. The van der Waals surface area contributed by atoms with Crippen molar-refractivity contribution in [3.8, 4) is 0 Å². The predicted molar refractivity (Wildman–Crippen MR) is 127 cm³/mol. The highest BCUT2D eigenvalue weighted by atomic mass is 35.5. The number of nitrogens with one attached hydrogen (secondary N) is 2. The number of fused-ring (bicyclic) bond motifs is 1. The van der Waals surface area contributed by atoms with Gasteiger partial charge in [0.1, 0.15) is 0 Å². The Morgan fingerprint density at radius 1 is 0.968 bits per heavy atom. The SMILES string of the molecule is N=C(N)C1CCC2CC(C(=O)NC3CCC(N)CC3)N(CC3CC(Cl)CC(Cl)C3)C2C1. The Morgan fingerprint density at radius 3 is 2.29 bits per heavy atom. The Labute approximate surface area is 196 Å². The molecule has 4 aliphatic rings. The largest absolute Gasteiger partial charge is 0.387 e. The summed E-state index contributed by atoms with van der Waals surface area (Å²) in [7, 11) is 0. The van der Waals surface area contributed by atoms with Gasteiger partial charge in [0.15, 0.2) is 0 Å². The van der Waals surface area contributed by atoms with Gasteiger partial charge in [0, 0.05) is 41.3 Å². The number of hydrogen-bond donors (Lipinski definition) is 4. The third kappa shape index (κ3) is 5.69. The highest BCUT2D eigenvalue weighted by Gasteiger charge is 2.48. The summed E-state index contributed by atoms with van der Waals surface area (Å²) in [6.07, 6.45) is 10.5. The van der Waals surface area contributed by atoms with Gasteiger partial charge in [-0.05, 0) is 82.5 Å². The van der Waals surface area contributed by atoms with E-state index in [1.165, 1.54) is 0 Å². The van der Waals surface area contributed by atoms with Gasteiger partial charge in [-0.3, -0.25) is 15.1 Å². The number of rotatable bonds is 5. The number of amides is 1. The Balaban J connectivity index is 1.47. The van der Waals surface area contributed by atoms with Crippen molar-refractivity contribution in [1.82, 2.24) is 10.2 Å². The van der Waals surface area contributed by atoms with E-state index in [1.807, 2.05) is 0 Å². The maximum absolute atomic E-state index is 13.4. The molecule has 31 heavy (non-hydrogen) atoms. The second-order valence-corrected chi connectivity index (χ2v) is 11.9. The molecule has 1 aliphatic heterocycles. The van der Waals surface area contributed by atoms with Gasteiger partial charge in [-0.15, -0.1) is 23.2 Å². The molecule has 0 bridgehead atoms. The molecule has 176 valence electrons. The highest BCUT2D eigenvalue weighted by molar-refractivity contribution is 6.23. The molecule has 4 fully saturated rings. The van der Waals surface area contributed by atoms with Crippen molar-refractivity contribution in [2.75, 3.05) is 6.54 Å². The van der Waals surface area contributed by atoms with Crippen LogP contribution in [-0.4, -0.2) is 58.1 Å². The molecule has 1 saturated heterocycles. The van der Waals surface area contributed by atoms with E-state index in [1.54, 1.807) is 0 Å². The summed E-state index contributed by atoms with van der Waals surface area (Å²) in [5, 5.41) is 11.6. The zero-order valence-corrected chi connectivity index (χ0v) is 20.0. The van der Waals surface area contributed by atoms with Gasteiger partial charge in [0.05, 0.1) is 11.9 Å². The number of nitrogens with zero attached hydrogens (tertiary/aromatic N) is 1. The summed E-state index contributed by atoms with van der Waals surface area (Å²) in [5.74, 6) is 1.53. The molecule has 0 aromatic heterocycles. The van der Waals surface area contributed by atoms with Crippen molar-refractivity contribution in [3.05, 3.63) is 0 Å². The fourth-order valence-electron chi connectivity index (χ4n) is 6.64. The second-order valence-electron chi connectivity index (χ2n) is 10.6. The van der Waals surface area contributed by atoms with Crippen LogP contribution < -0.4 is 16.8 Å². The van der Waals surface area contributed by atoms with Gasteiger partial charge >= 0.3 is 0 Å². The fraction of sp³-hybridized carbons (Fsp3) is 0.913. The summed E-state index contributed by atoms with van der Waals surface area (Å²) in [6.45, 7) is 0.867. The first kappa shape index (κ1) is 23.6. The minimum atomic E-state index is -0.0965. The average Bonchev–Trinajstić information content (AvgIpc) is 3.06. The van der Waals surface area contributed by atoms with Crippen LogP contribution in [0.3, 0.4) is 0 Å². The van der Waals surface area contributed by atoms with Gasteiger partial charge in [-0.1, -0.05) is 0 Å². The number of nitrogens with two attached hydrogens (primary N) is 2. The van der Waals surface area contributed by atoms with Gasteiger partial charge in [-0.25, -0.2) is 0 Å². The third-order valence-electron chi connectivity index (χ3n) is 8.33. The lowest BCUT2D eigenvalue weighted by Gasteiger charge is -2.40. The van der Waals surface area contributed by atoms with E-state index in [0.717, 1.165) is 77.2 Å². The van der Waals surface area contributed by atoms with Crippen LogP contribution in [0, 0.1) is 23.2 Å².